The highest BCUT2D eigenvalue weighted by atomic mass is 16.5. The Kier molecular flexibility index (Phi) is 3.23. The fourth-order valence-corrected chi connectivity index (χ4v) is 1.03. The first kappa shape index (κ1) is 11.1. The molecule has 1 unspecified atom stereocenters. The summed E-state index contributed by atoms with van der Waals surface area (Å²) in [6.07, 6.45) is 0.779. The van der Waals surface area contributed by atoms with E-state index in [0.717, 1.165) is 6.42 Å². The molecule has 0 spiro atoms. The number of hydrogen-bond donors (Lipinski definition) is 1. The number of nitrogens with two attached hydrogens (primary N) is 1. The van der Waals surface area contributed by atoms with Gasteiger partial charge in [0.2, 0.25) is 11.7 Å². The van der Waals surface area contributed by atoms with Crippen LogP contribution in [0, 0.1) is 0 Å². The topological polar surface area (TPSA) is 74.2 Å². The molecule has 0 radical (unpaired) electrons. The highest BCUT2D eigenvalue weighted by molar-refractivity contribution is 5.00. The summed E-state index contributed by atoms with van der Waals surface area (Å²) in [4.78, 5) is 4.20. The molecule has 1 aromatic rings. The van der Waals surface area contributed by atoms with Gasteiger partial charge in [-0.15, -0.1) is 0 Å². The van der Waals surface area contributed by atoms with Crippen LogP contribution in [0.25, 0.3) is 0 Å². The molecular formula is C9H17N3O2. The number of rotatable bonds is 4. The maximum Gasteiger partial charge on any atom is 0.243 e. The molecule has 1 aromatic heterocycles. The van der Waals surface area contributed by atoms with E-state index in [1.807, 2.05) is 13.8 Å². The van der Waals surface area contributed by atoms with E-state index >= 15 is 0 Å². The van der Waals surface area contributed by atoms with Gasteiger partial charge in [0.1, 0.15) is 5.60 Å². The lowest BCUT2D eigenvalue weighted by Gasteiger charge is -2.21. The Balaban J connectivity index is 2.95. The van der Waals surface area contributed by atoms with Gasteiger partial charge in [-0.3, -0.25) is 0 Å². The summed E-state index contributed by atoms with van der Waals surface area (Å²) >= 11 is 0. The van der Waals surface area contributed by atoms with Crippen molar-refractivity contribution in [1.29, 1.82) is 0 Å². The average Bonchev–Trinajstić information content (AvgIpc) is 2.66. The summed E-state index contributed by atoms with van der Waals surface area (Å²) in [6, 6.07) is -0.241. The van der Waals surface area contributed by atoms with E-state index in [0.29, 0.717) is 11.7 Å². The van der Waals surface area contributed by atoms with Crippen molar-refractivity contribution in [2.24, 2.45) is 5.73 Å². The summed E-state index contributed by atoms with van der Waals surface area (Å²) in [7, 11) is 1.63. The summed E-state index contributed by atoms with van der Waals surface area (Å²) < 4.78 is 10.4. The predicted molar refractivity (Wildman–Crippen MR) is 51.6 cm³/mol. The molecule has 0 fully saturated rings. The summed E-state index contributed by atoms with van der Waals surface area (Å²) in [5.74, 6) is 0.992. The zero-order valence-corrected chi connectivity index (χ0v) is 9.07. The van der Waals surface area contributed by atoms with Crippen LogP contribution in [-0.2, 0) is 10.3 Å². The third-order valence-corrected chi connectivity index (χ3v) is 2.43. The number of nitrogens with zero attached hydrogens (tertiary/aromatic N) is 2. The van der Waals surface area contributed by atoms with Crippen LogP contribution in [-0.4, -0.2) is 17.3 Å². The molecule has 5 heteroatoms. The number of hydrogen-bond acceptors (Lipinski definition) is 5. The first-order valence-electron chi connectivity index (χ1n) is 4.68. The van der Waals surface area contributed by atoms with Crippen LogP contribution in [0.2, 0.25) is 0 Å². The standard InChI is InChI=1S/C9H17N3O2/c1-5-9(3,13-4)8-11-7(6(2)10)14-12-8/h6H,5,10H2,1-4H3/t6-,9?/m0/s1. The number of methoxy groups -OCH3 is 1. The zero-order chi connectivity index (χ0) is 10.8. The van der Waals surface area contributed by atoms with E-state index in [9.17, 15) is 0 Å². The molecule has 2 atom stereocenters. The molecule has 0 aromatic carbocycles. The quantitative estimate of drug-likeness (QED) is 0.792. The first-order valence-corrected chi connectivity index (χ1v) is 4.68. The zero-order valence-electron chi connectivity index (χ0n) is 9.07. The highest BCUT2D eigenvalue weighted by Crippen LogP contribution is 2.25. The lowest BCUT2D eigenvalue weighted by molar-refractivity contribution is -0.0106. The van der Waals surface area contributed by atoms with Crippen molar-refractivity contribution >= 4 is 0 Å². The van der Waals surface area contributed by atoms with Crippen molar-refractivity contribution in [1.82, 2.24) is 10.1 Å². The van der Waals surface area contributed by atoms with E-state index in [1.54, 1.807) is 14.0 Å². The third kappa shape index (κ3) is 1.93. The van der Waals surface area contributed by atoms with Crippen LogP contribution in [0.15, 0.2) is 4.52 Å². The lowest BCUT2D eigenvalue weighted by atomic mass is 10.0. The van der Waals surface area contributed by atoms with E-state index < -0.39 is 5.60 Å². The van der Waals surface area contributed by atoms with Gasteiger partial charge in [0.15, 0.2) is 0 Å². The van der Waals surface area contributed by atoms with Gasteiger partial charge < -0.3 is 15.0 Å². The van der Waals surface area contributed by atoms with Gasteiger partial charge >= 0.3 is 0 Å². The molecule has 14 heavy (non-hydrogen) atoms. The van der Waals surface area contributed by atoms with Gasteiger partial charge in [-0.25, -0.2) is 0 Å². The van der Waals surface area contributed by atoms with Gasteiger partial charge in [0.05, 0.1) is 6.04 Å². The van der Waals surface area contributed by atoms with E-state index in [2.05, 4.69) is 10.1 Å². The Bertz CT molecular complexity index is 292. The Hall–Kier alpha value is -0.940. The molecule has 0 saturated carbocycles. The van der Waals surface area contributed by atoms with Crippen LogP contribution in [0.1, 0.15) is 44.9 Å². The Morgan fingerprint density at radius 2 is 2.29 bits per heavy atom. The lowest BCUT2D eigenvalue weighted by Crippen LogP contribution is -2.25. The summed E-state index contributed by atoms with van der Waals surface area (Å²) in [5.41, 5.74) is 5.13. The number of ether oxygens (including phenoxy) is 1. The molecule has 1 heterocycles. The molecule has 0 saturated heterocycles. The molecule has 0 aliphatic carbocycles. The highest BCUT2D eigenvalue weighted by Gasteiger charge is 2.30. The van der Waals surface area contributed by atoms with Crippen LogP contribution in [0.4, 0.5) is 0 Å². The monoisotopic (exact) mass is 199 g/mol. The minimum absolute atomic E-state index is 0.241. The van der Waals surface area contributed by atoms with Crippen molar-refractivity contribution in [3.63, 3.8) is 0 Å². The number of aromatic nitrogens is 2. The van der Waals surface area contributed by atoms with Gasteiger partial charge in [0, 0.05) is 7.11 Å². The molecule has 5 nitrogen and oxygen atoms in total. The fourth-order valence-electron chi connectivity index (χ4n) is 1.03. The van der Waals surface area contributed by atoms with Gasteiger partial charge in [0.25, 0.3) is 0 Å². The Morgan fingerprint density at radius 3 is 2.64 bits per heavy atom. The minimum Gasteiger partial charge on any atom is -0.370 e. The molecule has 80 valence electrons. The van der Waals surface area contributed by atoms with E-state index in [-0.39, 0.29) is 6.04 Å². The van der Waals surface area contributed by atoms with Crippen molar-refractivity contribution in [3.05, 3.63) is 11.7 Å². The molecule has 0 bridgehead atoms. The van der Waals surface area contributed by atoms with Crippen molar-refractivity contribution in [3.8, 4) is 0 Å². The average molecular weight is 199 g/mol. The maximum absolute atomic E-state index is 5.62. The molecule has 0 aliphatic rings. The van der Waals surface area contributed by atoms with Crippen LogP contribution in [0.5, 0.6) is 0 Å². The Labute approximate surface area is 83.6 Å². The van der Waals surface area contributed by atoms with Crippen molar-refractivity contribution in [2.45, 2.75) is 38.8 Å². The van der Waals surface area contributed by atoms with Crippen molar-refractivity contribution in [2.75, 3.05) is 7.11 Å². The minimum atomic E-state index is -0.489. The van der Waals surface area contributed by atoms with Crippen LogP contribution < -0.4 is 5.73 Å². The second kappa shape index (κ2) is 4.06. The van der Waals surface area contributed by atoms with Gasteiger partial charge in [-0.05, 0) is 20.3 Å². The van der Waals surface area contributed by atoms with E-state index in [4.69, 9.17) is 15.0 Å². The maximum atomic E-state index is 5.62. The molecule has 1 rings (SSSR count). The first-order chi connectivity index (χ1) is 6.53. The molecular weight excluding hydrogens is 182 g/mol. The van der Waals surface area contributed by atoms with Crippen LogP contribution in [0.3, 0.4) is 0 Å². The van der Waals surface area contributed by atoms with Gasteiger partial charge in [-0.1, -0.05) is 12.1 Å². The smallest absolute Gasteiger partial charge is 0.243 e. The second-order valence-electron chi connectivity index (χ2n) is 3.53. The normalized spacial score (nSPS) is 17.8. The molecule has 0 amide bonds. The summed E-state index contributed by atoms with van der Waals surface area (Å²) in [6.45, 7) is 5.72. The third-order valence-electron chi connectivity index (χ3n) is 2.43. The van der Waals surface area contributed by atoms with Crippen LogP contribution >= 0.6 is 0 Å². The molecule has 2 N–H and O–H groups in total. The van der Waals surface area contributed by atoms with Crippen molar-refractivity contribution < 1.29 is 9.26 Å². The second-order valence-corrected chi connectivity index (χ2v) is 3.53. The fraction of sp³-hybridized carbons (Fsp3) is 0.778. The largest absolute Gasteiger partial charge is 0.370 e. The van der Waals surface area contributed by atoms with Gasteiger partial charge in [-0.2, -0.15) is 4.98 Å². The predicted octanol–water partition coefficient (Wildman–Crippen LogP) is 1.36. The SMILES string of the molecule is CCC(C)(OC)c1noc([C@H](C)N)n1. The summed E-state index contributed by atoms with van der Waals surface area (Å²) in [5, 5.41) is 3.86. The molecule has 0 aliphatic heterocycles. The van der Waals surface area contributed by atoms with E-state index in [1.165, 1.54) is 0 Å². The Morgan fingerprint density at radius 1 is 1.64 bits per heavy atom.